The van der Waals surface area contributed by atoms with Gasteiger partial charge in [0.25, 0.3) is 0 Å². The molecule has 8 nitrogen and oxygen atoms in total. The summed E-state index contributed by atoms with van der Waals surface area (Å²) in [5, 5.41) is 8.60. The molecule has 196 valence electrons. The van der Waals surface area contributed by atoms with E-state index in [9.17, 15) is 13.2 Å². The van der Waals surface area contributed by atoms with Gasteiger partial charge < -0.3 is 15.2 Å². The summed E-state index contributed by atoms with van der Waals surface area (Å²) in [4.78, 5) is 5.74. The molecule has 12 heteroatoms. The van der Waals surface area contributed by atoms with Crippen molar-refractivity contribution in [3.8, 4) is 17.3 Å². The third-order valence-electron chi connectivity index (χ3n) is 6.51. The lowest BCUT2D eigenvalue weighted by Gasteiger charge is -2.30. The van der Waals surface area contributed by atoms with E-state index in [4.69, 9.17) is 15.2 Å². The van der Waals surface area contributed by atoms with E-state index in [1.165, 1.54) is 33.7 Å². The molecule has 0 aliphatic carbocycles. The highest BCUT2D eigenvalue weighted by Gasteiger charge is 2.46. The van der Waals surface area contributed by atoms with Crippen molar-refractivity contribution < 1.29 is 27.0 Å². The van der Waals surface area contributed by atoms with Crippen LogP contribution in [0.5, 0.6) is 5.75 Å². The molecular weight excluding hydrogens is 492 g/mol. The van der Waals surface area contributed by atoms with Crippen LogP contribution in [-0.2, 0) is 4.74 Å². The normalized spacial score (nSPS) is 18.5. The number of rotatable bonds is 7. The van der Waals surface area contributed by atoms with E-state index < -0.39 is 18.0 Å². The average Bonchev–Trinajstić information content (AvgIpc) is 3.47. The van der Waals surface area contributed by atoms with Crippen molar-refractivity contribution in [1.29, 1.82) is 0 Å². The SMILES string of the molecule is COC(C)COc1ccc2cc(F)c(-c3nnc4ccc(C(N5CCC(N)C5)C(F)(F)F)cn34)nc2c1. The van der Waals surface area contributed by atoms with Crippen molar-refractivity contribution >= 4 is 16.6 Å². The summed E-state index contributed by atoms with van der Waals surface area (Å²) < 4.78 is 69.8. The number of halogens is 4. The molecule has 0 amide bonds. The zero-order valence-corrected chi connectivity index (χ0v) is 20.2. The number of aromatic nitrogens is 4. The number of likely N-dealkylation sites (tertiary alicyclic amines) is 1. The lowest BCUT2D eigenvalue weighted by Crippen LogP contribution is -2.38. The van der Waals surface area contributed by atoms with Gasteiger partial charge in [0, 0.05) is 43.9 Å². The fourth-order valence-electron chi connectivity index (χ4n) is 4.54. The lowest BCUT2D eigenvalue weighted by molar-refractivity contribution is -0.183. The highest BCUT2D eigenvalue weighted by molar-refractivity contribution is 5.82. The molecule has 3 aromatic heterocycles. The molecule has 5 rings (SSSR count). The number of methoxy groups -OCH3 is 1. The zero-order chi connectivity index (χ0) is 26.3. The van der Waals surface area contributed by atoms with E-state index in [0.29, 0.717) is 29.7 Å². The first-order chi connectivity index (χ1) is 17.6. The van der Waals surface area contributed by atoms with Crippen LogP contribution in [0.2, 0.25) is 0 Å². The number of nitrogens with zero attached hydrogens (tertiary/aromatic N) is 5. The molecule has 0 bridgehead atoms. The van der Waals surface area contributed by atoms with Gasteiger partial charge in [-0.3, -0.25) is 9.30 Å². The minimum absolute atomic E-state index is 0.00498. The molecule has 3 unspecified atom stereocenters. The Kier molecular flexibility index (Phi) is 6.73. The van der Waals surface area contributed by atoms with Gasteiger partial charge in [0.1, 0.15) is 24.1 Å². The molecule has 0 radical (unpaired) electrons. The van der Waals surface area contributed by atoms with Crippen LogP contribution in [0, 0.1) is 5.82 Å². The molecule has 37 heavy (non-hydrogen) atoms. The van der Waals surface area contributed by atoms with Gasteiger partial charge in [-0.25, -0.2) is 9.37 Å². The monoisotopic (exact) mass is 518 g/mol. The largest absolute Gasteiger partial charge is 0.491 e. The first-order valence-corrected chi connectivity index (χ1v) is 11.8. The summed E-state index contributed by atoms with van der Waals surface area (Å²) in [7, 11) is 1.58. The Bertz CT molecular complexity index is 1430. The number of fused-ring (bicyclic) bond motifs is 2. The van der Waals surface area contributed by atoms with Crippen molar-refractivity contribution in [3.05, 3.63) is 54.0 Å². The standard InChI is InChI=1S/C25H26F4N6O2/c1-14(36-2)13-37-18-5-3-15-9-19(26)22(31-20(15)10-18)24-33-32-21-6-4-16(11-35(21)24)23(25(27,28)29)34-8-7-17(30)12-34/h3-6,9-11,14,17,23H,7-8,12-13,30H2,1-2H3. The maximum Gasteiger partial charge on any atom is 0.408 e. The molecule has 0 spiro atoms. The third kappa shape index (κ3) is 5.09. The van der Waals surface area contributed by atoms with Gasteiger partial charge in [0.15, 0.2) is 17.3 Å². The molecule has 3 atom stereocenters. The van der Waals surface area contributed by atoms with Crippen molar-refractivity contribution in [2.75, 3.05) is 26.8 Å². The maximum absolute atomic E-state index is 15.2. The van der Waals surface area contributed by atoms with Gasteiger partial charge >= 0.3 is 6.18 Å². The van der Waals surface area contributed by atoms with E-state index in [2.05, 4.69) is 15.2 Å². The van der Waals surface area contributed by atoms with Crippen LogP contribution in [0.25, 0.3) is 28.1 Å². The quantitative estimate of drug-likeness (QED) is 0.368. The summed E-state index contributed by atoms with van der Waals surface area (Å²) in [6, 6.07) is 6.96. The van der Waals surface area contributed by atoms with Gasteiger partial charge in [-0.1, -0.05) is 6.07 Å². The van der Waals surface area contributed by atoms with E-state index in [1.54, 1.807) is 25.3 Å². The van der Waals surface area contributed by atoms with Crippen molar-refractivity contribution in [1.82, 2.24) is 24.5 Å². The van der Waals surface area contributed by atoms with Gasteiger partial charge in [-0.2, -0.15) is 13.2 Å². The van der Waals surface area contributed by atoms with E-state index in [0.717, 1.165) is 0 Å². The van der Waals surface area contributed by atoms with Gasteiger partial charge in [-0.15, -0.1) is 10.2 Å². The predicted octanol–water partition coefficient (Wildman–Crippen LogP) is 4.13. The van der Waals surface area contributed by atoms with Crippen LogP contribution in [0.4, 0.5) is 17.6 Å². The fourth-order valence-corrected chi connectivity index (χ4v) is 4.54. The van der Waals surface area contributed by atoms with Crippen LogP contribution in [0.3, 0.4) is 0 Å². The molecule has 0 saturated carbocycles. The van der Waals surface area contributed by atoms with Gasteiger partial charge in [0.2, 0.25) is 0 Å². The zero-order valence-electron chi connectivity index (χ0n) is 20.2. The second-order valence-electron chi connectivity index (χ2n) is 9.23. The minimum atomic E-state index is -4.53. The van der Waals surface area contributed by atoms with Crippen LogP contribution < -0.4 is 10.5 Å². The third-order valence-corrected chi connectivity index (χ3v) is 6.51. The smallest absolute Gasteiger partial charge is 0.408 e. The number of benzene rings is 1. The Morgan fingerprint density at radius 3 is 2.68 bits per heavy atom. The maximum atomic E-state index is 15.2. The summed E-state index contributed by atoms with van der Waals surface area (Å²) in [5.74, 6) is -0.159. The fraction of sp³-hybridized carbons (Fsp3) is 0.400. The molecule has 1 aliphatic rings. The highest BCUT2D eigenvalue weighted by atomic mass is 19.4. The number of pyridine rings is 2. The second kappa shape index (κ2) is 9.84. The first-order valence-electron chi connectivity index (χ1n) is 11.8. The number of hydrogen-bond donors (Lipinski definition) is 1. The van der Waals surface area contributed by atoms with E-state index >= 15 is 4.39 Å². The molecular formula is C25H26F4N6O2. The summed E-state index contributed by atoms with van der Waals surface area (Å²) >= 11 is 0. The van der Waals surface area contributed by atoms with Crippen molar-refractivity contribution in [3.63, 3.8) is 0 Å². The van der Waals surface area contributed by atoms with Crippen LogP contribution in [0.1, 0.15) is 24.9 Å². The molecule has 4 heterocycles. The minimum Gasteiger partial charge on any atom is -0.491 e. The summed E-state index contributed by atoms with van der Waals surface area (Å²) in [6.45, 7) is 2.54. The van der Waals surface area contributed by atoms with E-state index in [-0.39, 0.29) is 48.0 Å². The van der Waals surface area contributed by atoms with E-state index in [1.807, 2.05) is 6.92 Å². The van der Waals surface area contributed by atoms with Crippen molar-refractivity contribution in [2.24, 2.45) is 5.73 Å². The Morgan fingerprint density at radius 2 is 1.97 bits per heavy atom. The van der Waals surface area contributed by atoms with Gasteiger partial charge in [-0.05, 0) is 43.2 Å². The second-order valence-corrected chi connectivity index (χ2v) is 9.23. The molecule has 4 aromatic rings. The highest BCUT2D eigenvalue weighted by Crippen LogP contribution is 2.39. The first kappa shape index (κ1) is 25.3. The molecule has 2 N–H and O–H groups in total. The van der Waals surface area contributed by atoms with Gasteiger partial charge in [0.05, 0.1) is 11.6 Å². The Balaban J connectivity index is 1.55. The number of ether oxygens (including phenoxy) is 2. The van der Waals surface area contributed by atoms with Crippen LogP contribution >= 0.6 is 0 Å². The average molecular weight is 519 g/mol. The number of nitrogens with two attached hydrogens (primary N) is 1. The summed E-state index contributed by atoms with van der Waals surface area (Å²) in [6.07, 6.45) is -2.88. The molecule has 1 aromatic carbocycles. The predicted molar refractivity (Wildman–Crippen MR) is 129 cm³/mol. The lowest BCUT2D eigenvalue weighted by atomic mass is 10.1. The van der Waals surface area contributed by atoms with Crippen molar-refractivity contribution in [2.45, 2.75) is 37.7 Å². The molecule has 1 aliphatic heterocycles. The Hall–Kier alpha value is -3.35. The van der Waals surface area contributed by atoms with Crippen LogP contribution in [-0.4, -0.2) is 69.6 Å². The number of hydrogen-bond acceptors (Lipinski definition) is 7. The summed E-state index contributed by atoms with van der Waals surface area (Å²) in [5.41, 5.74) is 6.43. The molecule has 1 fully saturated rings. The molecule has 1 saturated heterocycles. The Morgan fingerprint density at radius 1 is 1.16 bits per heavy atom. The number of alkyl halides is 3. The Labute approximate surface area is 210 Å². The topological polar surface area (TPSA) is 90.8 Å². The van der Waals surface area contributed by atoms with Crippen LogP contribution in [0.15, 0.2) is 42.6 Å².